The van der Waals surface area contributed by atoms with Gasteiger partial charge < -0.3 is 0 Å². The summed E-state index contributed by atoms with van der Waals surface area (Å²) in [7, 11) is 0. The molecule has 0 bridgehead atoms. The van der Waals surface area contributed by atoms with Gasteiger partial charge in [-0.05, 0) is 25.3 Å². The van der Waals surface area contributed by atoms with Crippen LogP contribution in [-0.2, 0) is 0 Å². The molecule has 0 spiro atoms. The van der Waals surface area contributed by atoms with Gasteiger partial charge in [0.25, 0.3) is 0 Å². The fraction of sp³-hybridized carbons (Fsp3) is 0.364. The molecule has 1 aromatic carbocycles. The summed E-state index contributed by atoms with van der Waals surface area (Å²) < 4.78 is 13.0. The van der Waals surface area contributed by atoms with Crippen LogP contribution in [0.2, 0.25) is 0 Å². The maximum absolute atomic E-state index is 13.0. The third kappa shape index (κ3) is 3.50. The third-order valence-electron chi connectivity index (χ3n) is 1.56. The van der Waals surface area contributed by atoms with Gasteiger partial charge in [0, 0.05) is 10.5 Å². The van der Waals surface area contributed by atoms with E-state index in [1.165, 1.54) is 24.8 Å². The summed E-state index contributed by atoms with van der Waals surface area (Å²) >= 11 is 1.33. The van der Waals surface area contributed by atoms with Crippen LogP contribution >= 0.6 is 11.8 Å². The van der Waals surface area contributed by atoms with Crippen molar-refractivity contribution < 1.29 is 9.18 Å². The summed E-state index contributed by atoms with van der Waals surface area (Å²) in [5.74, 6) is -0.434. The molecule has 0 aromatic heterocycles. The van der Waals surface area contributed by atoms with Gasteiger partial charge >= 0.3 is 0 Å². The van der Waals surface area contributed by atoms with Crippen molar-refractivity contribution in [3.8, 4) is 0 Å². The second kappa shape index (κ2) is 6.60. The minimum Gasteiger partial charge on any atom is -0.295 e. The van der Waals surface area contributed by atoms with Crippen LogP contribution in [0.4, 0.5) is 4.39 Å². The highest BCUT2D eigenvalue weighted by Crippen LogP contribution is 2.19. The van der Waals surface area contributed by atoms with E-state index in [4.69, 9.17) is 0 Å². The van der Waals surface area contributed by atoms with Crippen LogP contribution in [0.5, 0.6) is 0 Å². The molecule has 0 N–H and O–H groups in total. The molecule has 0 amide bonds. The van der Waals surface area contributed by atoms with E-state index in [-0.39, 0.29) is 11.6 Å². The number of hydrogen-bond donors (Lipinski definition) is 0. The normalized spacial score (nSPS) is 8.93. The molecule has 0 atom stereocenters. The van der Waals surface area contributed by atoms with E-state index >= 15 is 0 Å². The van der Waals surface area contributed by atoms with Crippen molar-refractivity contribution in [1.29, 1.82) is 0 Å². The Bertz CT molecular complexity index is 310. The third-order valence-corrected chi connectivity index (χ3v) is 2.33. The zero-order valence-corrected chi connectivity index (χ0v) is 9.74. The van der Waals surface area contributed by atoms with Crippen LogP contribution in [0.3, 0.4) is 0 Å². The number of Topliss-reactive ketones (excluding diaryl/α,β-unsaturated/α-hetero) is 1. The minimum atomic E-state index is -0.324. The Balaban J connectivity index is 0.000000791. The van der Waals surface area contributed by atoms with E-state index in [0.717, 1.165) is 0 Å². The summed E-state index contributed by atoms with van der Waals surface area (Å²) in [6.07, 6.45) is 1.80. The van der Waals surface area contributed by atoms with Gasteiger partial charge in [0.05, 0.1) is 0 Å². The molecule has 0 radical (unpaired) electrons. The summed E-state index contributed by atoms with van der Waals surface area (Å²) in [5, 5.41) is 0. The van der Waals surface area contributed by atoms with Crippen molar-refractivity contribution in [2.45, 2.75) is 25.7 Å². The molecule has 3 heteroatoms. The molecule has 0 fully saturated rings. The monoisotopic (exact) mass is 214 g/mol. The van der Waals surface area contributed by atoms with Crippen molar-refractivity contribution in [2.24, 2.45) is 0 Å². The van der Waals surface area contributed by atoms with E-state index in [2.05, 4.69) is 0 Å². The van der Waals surface area contributed by atoms with Crippen molar-refractivity contribution in [3.05, 3.63) is 29.6 Å². The van der Waals surface area contributed by atoms with E-state index < -0.39 is 0 Å². The SMILES string of the molecule is CC.CSc1ccc(C(C)=O)cc1F. The summed E-state index contributed by atoms with van der Waals surface area (Å²) in [5.41, 5.74) is 0.422. The van der Waals surface area contributed by atoms with Crippen LogP contribution in [-0.4, -0.2) is 12.0 Å². The molecule has 14 heavy (non-hydrogen) atoms. The van der Waals surface area contributed by atoms with E-state index in [0.29, 0.717) is 10.5 Å². The van der Waals surface area contributed by atoms with E-state index in [9.17, 15) is 9.18 Å². The van der Waals surface area contributed by atoms with Gasteiger partial charge in [-0.1, -0.05) is 19.9 Å². The average Bonchev–Trinajstić information content (AvgIpc) is 2.20. The minimum absolute atomic E-state index is 0.110. The highest BCUT2D eigenvalue weighted by Gasteiger charge is 2.04. The second-order valence-electron chi connectivity index (χ2n) is 2.41. The highest BCUT2D eigenvalue weighted by atomic mass is 32.2. The predicted molar refractivity (Wildman–Crippen MR) is 59.5 cm³/mol. The second-order valence-corrected chi connectivity index (χ2v) is 3.25. The predicted octanol–water partition coefficient (Wildman–Crippen LogP) is 3.78. The Labute approximate surface area is 88.7 Å². The number of thioether (sulfide) groups is 1. The Kier molecular flexibility index (Phi) is 6.21. The first-order valence-corrected chi connectivity index (χ1v) is 5.72. The average molecular weight is 214 g/mol. The zero-order valence-electron chi connectivity index (χ0n) is 8.93. The van der Waals surface area contributed by atoms with Crippen molar-refractivity contribution >= 4 is 17.5 Å². The smallest absolute Gasteiger partial charge is 0.159 e. The number of carbonyl (C=O) groups is 1. The fourth-order valence-corrected chi connectivity index (χ4v) is 1.34. The van der Waals surface area contributed by atoms with Gasteiger partial charge in [-0.15, -0.1) is 11.8 Å². The van der Waals surface area contributed by atoms with E-state index in [1.54, 1.807) is 18.4 Å². The molecule has 1 nitrogen and oxygen atoms in total. The lowest BCUT2D eigenvalue weighted by Crippen LogP contribution is -1.93. The molecule has 78 valence electrons. The summed E-state index contributed by atoms with van der Waals surface area (Å²) in [6, 6.07) is 4.53. The molecule has 0 aliphatic heterocycles. The number of halogens is 1. The molecule has 0 aliphatic carbocycles. The first-order chi connectivity index (χ1) is 6.65. The van der Waals surface area contributed by atoms with Crippen LogP contribution in [0.1, 0.15) is 31.1 Å². The first-order valence-electron chi connectivity index (χ1n) is 4.49. The van der Waals surface area contributed by atoms with Crippen LogP contribution in [0.15, 0.2) is 23.1 Å². The molecule has 0 unspecified atom stereocenters. The highest BCUT2D eigenvalue weighted by molar-refractivity contribution is 7.98. The molecule has 1 aromatic rings. The van der Waals surface area contributed by atoms with Gasteiger partial charge in [-0.2, -0.15) is 0 Å². The van der Waals surface area contributed by atoms with Gasteiger partial charge in [-0.3, -0.25) is 4.79 Å². The zero-order chi connectivity index (χ0) is 11.1. The van der Waals surface area contributed by atoms with Crippen molar-refractivity contribution in [1.82, 2.24) is 0 Å². The number of rotatable bonds is 2. The van der Waals surface area contributed by atoms with Crippen molar-refractivity contribution in [2.75, 3.05) is 6.26 Å². The number of benzene rings is 1. The molecule has 0 saturated carbocycles. The number of ketones is 1. The van der Waals surface area contributed by atoms with Crippen LogP contribution in [0.25, 0.3) is 0 Å². The van der Waals surface area contributed by atoms with Gasteiger partial charge in [-0.25, -0.2) is 4.39 Å². The Hall–Kier alpha value is -0.830. The van der Waals surface area contributed by atoms with E-state index in [1.807, 2.05) is 13.8 Å². The molecular weight excluding hydrogens is 199 g/mol. The van der Waals surface area contributed by atoms with Gasteiger partial charge in [0.2, 0.25) is 0 Å². The molecule has 0 saturated heterocycles. The molecule has 0 heterocycles. The van der Waals surface area contributed by atoms with Gasteiger partial charge in [0.15, 0.2) is 5.78 Å². The van der Waals surface area contributed by atoms with Gasteiger partial charge in [0.1, 0.15) is 5.82 Å². The summed E-state index contributed by atoms with van der Waals surface area (Å²) in [4.78, 5) is 11.4. The molecular formula is C11H15FOS. The fourth-order valence-electron chi connectivity index (χ4n) is 0.885. The number of hydrogen-bond acceptors (Lipinski definition) is 2. The quantitative estimate of drug-likeness (QED) is 0.550. The molecule has 0 aliphatic rings. The van der Waals surface area contributed by atoms with Crippen LogP contribution in [0, 0.1) is 5.82 Å². The first kappa shape index (κ1) is 13.2. The molecule has 1 rings (SSSR count). The van der Waals surface area contributed by atoms with Crippen molar-refractivity contribution in [3.63, 3.8) is 0 Å². The maximum Gasteiger partial charge on any atom is 0.159 e. The maximum atomic E-state index is 13.0. The number of carbonyl (C=O) groups excluding carboxylic acids is 1. The largest absolute Gasteiger partial charge is 0.295 e. The van der Waals surface area contributed by atoms with Crippen LogP contribution < -0.4 is 0 Å². The summed E-state index contributed by atoms with van der Waals surface area (Å²) in [6.45, 7) is 5.42. The lowest BCUT2D eigenvalue weighted by atomic mass is 10.1. The Morgan fingerprint density at radius 1 is 1.36 bits per heavy atom. The lowest BCUT2D eigenvalue weighted by molar-refractivity contribution is 0.101. The topological polar surface area (TPSA) is 17.1 Å². The lowest BCUT2D eigenvalue weighted by Gasteiger charge is -2.00. The Morgan fingerprint density at radius 3 is 2.29 bits per heavy atom. The Morgan fingerprint density at radius 2 is 1.93 bits per heavy atom. The standard InChI is InChI=1S/C9H9FOS.C2H6/c1-6(11)7-3-4-9(12-2)8(10)5-7;1-2/h3-5H,1-2H3;1-2H3.